The van der Waals surface area contributed by atoms with E-state index in [0.717, 1.165) is 19.6 Å². The Hall–Kier alpha value is -1.80. The zero-order valence-electron chi connectivity index (χ0n) is 15.7. The quantitative estimate of drug-likeness (QED) is 0.724. The summed E-state index contributed by atoms with van der Waals surface area (Å²) in [5, 5.41) is 6.95. The largest absolute Gasteiger partial charge is 0.338 e. The van der Waals surface area contributed by atoms with Crippen molar-refractivity contribution in [3.8, 4) is 0 Å². The Balaban J connectivity index is 1.49. The molecule has 2 saturated heterocycles. The first-order valence-electron chi connectivity index (χ1n) is 9.34. The minimum atomic E-state index is -0.210. The Morgan fingerprint density at radius 3 is 2.54 bits per heavy atom. The molecule has 28 heavy (non-hydrogen) atoms. The van der Waals surface area contributed by atoms with Crippen molar-refractivity contribution in [1.82, 2.24) is 20.0 Å². The first-order valence-corrected chi connectivity index (χ1v) is 10.1. The fourth-order valence-corrected chi connectivity index (χ4v) is 3.75. The smallest absolute Gasteiger partial charge is 0.321 e. The van der Waals surface area contributed by atoms with Gasteiger partial charge in [0.25, 0.3) is 0 Å². The maximum absolute atomic E-state index is 12.8. The number of anilines is 1. The number of benzene rings is 1. The number of nitrogens with one attached hydrogen (secondary N) is 2. The lowest BCUT2D eigenvalue weighted by molar-refractivity contribution is -0.136. The summed E-state index contributed by atoms with van der Waals surface area (Å²) in [6.45, 7) is 8.95. The normalized spacial score (nSPS) is 20.7. The van der Waals surface area contributed by atoms with E-state index in [1.54, 1.807) is 23.1 Å². The molecule has 7 nitrogen and oxygen atoms in total. The van der Waals surface area contributed by atoms with Crippen LogP contribution in [0.2, 0.25) is 10.0 Å². The van der Waals surface area contributed by atoms with Crippen LogP contribution in [0.5, 0.6) is 0 Å². The third-order valence-electron chi connectivity index (χ3n) is 4.99. The van der Waals surface area contributed by atoms with Gasteiger partial charge in [0, 0.05) is 58.0 Å². The third kappa shape index (κ3) is 5.17. The third-order valence-corrected chi connectivity index (χ3v) is 5.73. The zero-order chi connectivity index (χ0) is 20.1. The first kappa shape index (κ1) is 20.9. The molecule has 0 aromatic heterocycles. The molecule has 1 aromatic carbocycles. The van der Waals surface area contributed by atoms with Crippen LogP contribution in [0.15, 0.2) is 30.9 Å². The Bertz CT molecular complexity index is 737. The van der Waals surface area contributed by atoms with Gasteiger partial charge in [-0.25, -0.2) is 4.79 Å². The van der Waals surface area contributed by atoms with Crippen molar-refractivity contribution in [2.75, 3.05) is 57.7 Å². The summed E-state index contributed by atoms with van der Waals surface area (Å²) < 4.78 is 0. The highest BCUT2D eigenvalue weighted by Crippen LogP contribution is 2.25. The Kier molecular flexibility index (Phi) is 7.18. The van der Waals surface area contributed by atoms with E-state index >= 15 is 0 Å². The number of piperazine rings is 2. The van der Waals surface area contributed by atoms with Gasteiger partial charge in [-0.1, -0.05) is 29.3 Å². The van der Waals surface area contributed by atoms with E-state index in [2.05, 4.69) is 22.1 Å². The average molecular weight is 426 g/mol. The number of hydrogen-bond donors (Lipinski definition) is 2. The van der Waals surface area contributed by atoms with Gasteiger partial charge in [-0.05, 0) is 18.2 Å². The van der Waals surface area contributed by atoms with Gasteiger partial charge in [0.15, 0.2) is 0 Å². The summed E-state index contributed by atoms with van der Waals surface area (Å²) in [5.41, 5.74) is 0.589. The van der Waals surface area contributed by atoms with Crippen LogP contribution in [0.4, 0.5) is 10.5 Å². The predicted molar refractivity (Wildman–Crippen MR) is 112 cm³/mol. The monoisotopic (exact) mass is 425 g/mol. The number of amides is 3. The molecule has 2 N–H and O–H groups in total. The van der Waals surface area contributed by atoms with Crippen LogP contribution in [-0.2, 0) is 4.79 Å². The lowest BCUT2D eigenvalue weighted by atomic mass is 10.1. The molecule has 2 heterocycles. The highest BCUT2D eigenvalue weighted by molar-refractivity contribution is 6.42. The summed E-state index contributed by atoms with van der Waals surface area (Å²) in [6.07, 6.45) is 1.86. The van der Waals surface area contributed by atoms with Gasteiger partial charge < -0.3 is 20.4 Å². The van der Waals surface area contributed by atoms with Crippen molar-refractivity contribution >= 4 is 40.8 Å². The number of urea groups is 1. The van der Waals surface area contributed by atoms with Gasteiger partial charge in [-0.15, -0.1) is 6.58 Å². The minimum absolute atomic E-state index is 0.0957. The van der Waals surface area contributed by atoms with E-state index in [1.165, 1.54) is 0 Å². The molecule has 2 aliphatic heterocycles. The van der Waals surface area contributed by atoms with Crippen LogP contribution in [0.3, 0.4) is 0 Å². The summed E-state index contributed by atoms with van der Waals surface area (Å²) >= 11 is 11.9. The van der Waals surface area contributed by atoms with E-state index in [1.807, 2.05) is 11.0 Å². The minimum Gasteiger partial charge on any atom is -0.338 e. The summed E-state index contributed by atoms with van der Waals surface area (Å²) in [4.78, 5) is 31.0. The Labute approximate surface area is 175 Å². The molecule has 0 unspecified atom stereocenters. The van der Waals surface area contributed by atoms with Gasteiger partial charge >= 0.3 is 6.03 Å². The van der Waals surface area contributed by atoms with E-state index in [9.17, 15) is 9.59 Å². The Morgan fingerprint density at radius 2 is 1.86 bits per heavy atom. The second kappa shape index (κ2) is 9.60. The van der Waals surface area contributed by atoms with Gasteiger partial charge in [-0.2, -0.15) is 0 Å². The molecule has 2 aliphatic rings. The predicted octanol–water partition coefficient (Wildman–Crippen LogP) is 2.13. The molecule has 0 aliphatic carbocycles. The van der Waals surface area contributed by atoms with Gasteiger partial charge in [-0.3, -0.25) is 9.69 Å². The average Bonchev–Trinajstić information content (AvgIpc) is 2.71. The summed E-state index contributed by atoms with van der Waals surface area (Å²) in [7, 11) is 0. The molecule has 3 amide bonds. The topological polar surface area (TPSA) is 67.9 Å². The summed E-state index contributed by atoms with van der Waals surface area (Å²) in [6, 6.07) is 4.55. The molecular weight excluding hydrogens is 401 g/mol. The lowest BCUT2D eigenvalue weighted by Crippen LogP contribution is -2.60. The van der Waals surface area contributed by atoms with Crippen LogP contribution < -0.4 is 10.6 Å². The first-order chi connectivity index (χ1) is 13.5. The van der Waals surface area contributed by atoms with Crippen molar-refractivity contribution in [3.05, 3.63) is 40.9 Å². The molecule has 152 valence electrons. The lowest BCUT2D eigenvalue weighted by Gasteiger charge is -2.39. The number of carbonyl (C=O) groups is 2. The number of carbonyl (C=O) groups excluding carboxylic acids is 2. The molecule has 0 bridgehead atoms. The highest BCUT2D eigenvalue weighted by atomic mass is 35.5. The van der Waals surface area contributed by atoms with E-state index in [4.69, 9.17) is 23.2 Å². The van der Waals surface area contributed by atoms with Crippen molar-refractivity contribution in [1.29, 1.82) is 0 Å². The van der Waals surface area contributed by atoms with Crippen LogP contribution in [0.1, 0.15) is 0 Å². The molecule has 1 atom stereocenters. The van der Waals surface area contributed by atoms with Crippen LogP contribution in [-0.4, -0.2) is 85.0 Å². The fourth-order valence-electron chi connectivity index (χ4n) is 3.45. The Morgan fingerprint density at radius 1 is 1.14 bits per heavy atom. The molecular formula is C19H25Cl2N5O2. The maximum Gasteiger partial charge on any atom is 0.321 e. The standard InChI is InChI=1S/C19H25Cl2N5O2/c1-2-6-24-7-5-22-17(13-24)18(27)25-8-10-26(11-9-25)19(28)23-14-3-4-15(20)16(21)12-14/h2-4,12,17,22H,1,5-11,13H2,(H,23,28)/t17-/m1/s1. The number of hydrogen-bond acceptors (Lipinski definition) is 4. The molecule has 3 rings (SSSR count). The SMILES string of the molecule is C=CCN1CCN[C@@H](C(=O)N2CCN(C(=O)Nc3ccc(Cl)c(Cl)c3)CC2)C1. The molecule has 1 aromatic rings. The van der Waals surface area contributed by atoms with E-state index in [0.29, 0.717) is 48.5 Å². The zero-order valence-corrected chi connectivity index (χ0v) is 17.2. The van der Waals surface area contributed by atoms with E-state index < -0.39 is 0 Å². The van der Waals surface area contributed by atoms with Crippen LogP contribution in [0, 0.1) is 0 Å². The highest BCUT2D eigenvalue weighted by Gasteiger charge is 2.31. The van der Waals surface area contributed by atoms with E-state index in [-0.39, 0.29) is 18.0 Å². The van der Waals surface area contributed by atoms with Crippen molar-refractivity contribution in [2.24, 2.45) is 0 Å². The number of halogens is 2. The summed E-state index contributed by atoms with van der Waals surface area (Å²) in [5.74, 6) is 0.0957. The second-order valence-electron chi connectivity index (χ2n) is 6.93. The van der Waals surface area contributed by atoms with Crippen LogP contribution in [0.25, 0.3) is 0 Å². The second-order valence-corrected chi connectivity index (χ2v) is 7.74. The van der Waals surface area contributed by atoms with Crippen LogP contribution >= 0.6 is 23.2 Å². The molecule has 0 radical (unpaired) electrons. The van der Waals surface area contributed by atoms with Crippen molar-refractivity contribution < 1.29 is 9.59 Å². The van der Waals surface area contributed by atoms with Crippen molar-refractivity contribution in [2.45, 2.75) is 6.04 Å². The van der Waals surface area contributed by atoms with Gasteiger partial charge in [0.05, 0.1) is 16.1 Å². The van der Waals surface area contributed by atoms with Gasteiger partial charge in [0.2, 0.25) is 5.91 Å². The maximum atomic E-state index is 12.8. The van der Waals surface area contributed by atoms with Crippen molar-refractivity contribution in [3.63, 3.8) is 0 Å². The molecule has 9 heteroatoms. The molecule has 0 spiro atoms. The molecule has 2 fully saturated rings. The molecule has 0 saturated carbocycles. The number of rotatable bonds is 4. The number of nitrogens with zero attached hydrogens (tertiary/aromatic N) is 3. The fraction of sp³-hybridized carbons (Fsp3) is 0.474. The van der Waals surface area contributed by atoms with Gasteiger partial charge in [0.1, 0.15) is 0 Å².